The lowest BCUT2D eigenvalue weighted by Crippen LogP contribution is -2.29. The van der Waals surface area contributed by atoms with E-state index in [0.717, 1.165) is 24.2 Å². The number of nitrogens with one attached hydrogen (secondary N) is 1. The summed E-state index contributed by atoms with van der Waals surface area (Å²) in [5.41, 5.74) is 2.17. The number of aliphatic hydroxyl groups excluding tert-OH is 1. The Bertz CT molecular complexity index is 490. The van der Waals surface area contributed by atoms with Gasteiger partial charge in [0, 0.05) is 43.5 Å². The highest BCUT2D eigenvalue weighted by molar-refractivity contribution is 5.12. The lowest BCUT2D eigenvalue weighted by molar-refractivity contribution is 0.218. The van der Waals surface area contributed by atoms with Crippen LogP contribution in [0.2, 0.25) is 0 Å². The van der Waals surface area contributed by atoms with Crippen LogP contribution in [0.25, 0.3) is 0 Å². The van der Waals surface area contributed by atoms with Crippen LogP contribution in [0.15, 0.2) is 48.9 Å². The van der Waals surface area contributed by atoms with Gasteiger partial charge >= 0.3 is 0 Å². The third-order valence-electron chi connectivity index (χ3n) is 3.38. The maximum Gasteiger partial charge on any atom is 0.0475 e. The molecule has 0 bridgehead atoms. The van der Waals surface area contributed by atoms with Crippen molar-refractivity contribution in [2.45, 2.75) is 19.4 Å². The van der Waals surface area contributed by atoms with Gasteiger partial charge in [-0.25, -0.2) is 0 Å². The maximum atomic E-state index is 9.49. The van der Waals surface area contributed by atoms with E-state index in [0.29, 0.717) is 0 Å². The lowest BCUT2D eigenvalue weighted by atomic mass is 10.0. The van der Waals surface area contributed by atoms with E-state index in [9.17, 15) is 5.11 Å². The molecular formula is C16H21N3O. The van der Waals surface area contributed by atoms with E-state index < -0.39 is 0 Å². The van der Waals surface area contributed by atoms with Crippen LogP contribution in [-0.4, -0.2) is 28.2 Å². The van der Waals surface area contributed by atoms with Gasteiger partial charge in [-0.2, -0.15) is 0 Å². The summed E-state index contributed by atoms with van der Waals surface area (Å²) in [5.74, 6) is 0.170. The van der Waals surface area contributed by atoms with E-state index in [1.54, 1.807) is 12.4 Å². The maximum absolute atomic E-state index is 9.49. The number of hydrogen-bond acceptors (Lipinski definition) is 4. The molecule has 2 aromatic rings. The molecule has 0 aliphatic rings. The molecule has 0 radical (unpaired) electrons. The van der Waals surface area contributed by atoms with Gasteiger partial charge in [-0.1, -0.05) is 12.1 Å². The van der Waals surface area contributed by atoms with Gasteiger partial charge in [0.15, 0.2) is 0 Å². The van der Waals surface area contributed by atoms with Crippen LogP contribution >= 0.6 is 0 Å². The van der Waals surface area contributed by atoms with Crippen LogP contribution in [0.1, 0.15) is 24.2 Å². The zero-order valence-corrected chi connectivity index (χ0v) is 11.7. The molecule has 0 amide bonds. The van der Waals surface area contributed by atoms with Crippen molar-refractivity contribution < 1.29 is 5.11 Å². The van der Waals surface area contributed by atoms with Crippen LogP contribution in [-0.2, 0) is 6.42 Å². The summed E-state index contributed by atoms with van der Waals surface area (Å²) in [4.78, 5) is 8.42. The van der Waals surface area contributed by atoms with E-state index in [1.165, 1.54) is 0 Å². The first-order chi connectivity index (χ1) is 9.79. The summed E-state index contributed by atoms with van der Waals surface area (Å²) in [6.07, 6.45) is 6.21. The van der Waals surface area contributed by atoms with E-state index in [2.05, 4.69) is 28.3 Å². The summed E-state index contributed by atoms with van der Waals surface area (Å²) in [7, 11) is 0. The molecule has 4 heteroatoms. The van der Waals surface area contributed by atoms with Crippen molar-refractivity contribution in [3.8, 4) is 0 Å². The minimum atomic E-state index is 0.156. The van der Waals surface area contributed by atoms with E-state index in [1.807, 2.05) is 30.5 Å². The Labute approximate surface area is 119 Å². The van der Waals surface area contributed by atoms with E-state index in [-0.39, 0.29) is 18.6 Å². The average Bonchev–Trinajstić information content (AvgIpc) is 2.53. The van der Waals surface area contributed by atoms with Crippen molar-refractivity contribution in [1.82, 2.24) is 15.3 Å². The molecule has 0 saturated heterocycles. The van der Waals surface area contributed by atoms with Gasteiger partial charge in [-0.3, -0.25) is 9.97 Å². The van der Waals surface area contributed by atoms with Crippen molar-refractivity contribution >= 4 is 0 Å². The molecule has 20 heavy (non-hydrogen) atoms. The normalized spacial score (nSPS) is 13.9. The van der Waals surface area contributed by atoms with Crippen LogP contribution < -0.4 is 5.32 Å². The Morgan fingerprint density at radius 2 is 2.10 bits per heavy atom. The topological polar surface area (TPSA) is 58.0 Å². The molecule has 0 aliphatic heterocycles. The molecule has 2 atom stereocenters. The number of hydrogen-bond donors (Lipinski definition) is 2. The quantitative estimate of drug-likeness (QED) is 0.808. The number of aliphatic hydroxyl groups is 1. The minimum absolute atomic E-state index is 0.156. The highest BCUT2D eigenvalue weighted by Gasteiger charge is 2.12. The Morgan fingerprint density at radius 1 is 1.20 bits per heavy atom. The molecule has 2 aromatic heterocycles. The van der Waals surface area contributed by atoms with Gasteiger partial charge in [-0.05, 0) is 43.0 Å². The number of pyridine rings is 2. The Kier molecular flexibility index (Phi) is 5.65. The van der Waals surface area contributed by atoms with Crippen LogP contribution in [0.4, 0.5) is 0 Å². The fraction of sp³-hybridized carbons (Fsp3) is 0.375. The molecule has 2 unspecified atom stereocenters. The van der Waals surface area contributed by atoms with Gasteiger partial charge in [0.05, 0.1) is 0 Å². The van der Waals surface area contributed by atoms with Gasteiger partial charge < -0.3 is 10.4 Å². The molecule has 0 saturated carbocycles. The van der Waals surface area contributed by atoms with Crippen LogP contribution in [0.3, 0.4) is 0 Å². The fourth-order valence-electron chi connectivity index (χ4n) is 2.11. The summed E-state index contributed by atoms with van der Waals surface area (Å²) >= 11 is 0. The predicted octanol–water partition coefficient (Wildman–Crippen LogP) is 1.98. The first-order valence-electron chi connectivity index (χ1n) is 6.93. The van der Waals surface area contributed by atoms with Gasteiger partial charge in [0.2, 0.25) is 0 Å². The molecular weight excluding hydrogens is 250 g/mol. The molecule has 2 heterocycles. The second-order valence-corrected chi connectivity index (χ2v) is 4.99. The standard InChI is InChI=1S/C16H21N3O/c1-13(15-5-4-7-17-11-15)19-10-14(12-20)9-16-6-2-3-8-18-16/h2-8,11,13-14,19-20H,9-10,12H2,1H3. The molecule has 0 aliphatic carbocycles. The SMILES string of the molecule is CC(NCC(CO)Cc1ccccn1)c1cccnc1. The smallest absolute Gasteiger partial charge is 0.0475 e. The third kappa shape index (κ3) is 4.40. The largest absolute Gasteiger partial charge is 0.396 e. The number of aromatic nitrogens is 2. The third-order valence-corrected chi connectivity index (χ3v) is 3.38. The van der Waals surface area contributed by atoms with Crippen LogP contribution in [0, 0.1) is 5.92 Å². The first kappa shape index (κ1) is 14.6. The summed E-state index contributed by atoms with van der Waals surface area (Å²) in [6.45, 7) is 3.01. The molecule has 4 nitrogen and oxygen atoms in total. The van der Waals surface area contributed by atoms with Crippen molar-refractivity contribution in [1.29, 1.82) is 0 Å². The first-order valence-corrected chi connectivity index (χ1v) is 6.93. The molecule has 2 rings (SSSR count). The van der Waals surface area contributed by atoms with Gasteiger partial charge in [-0.15, -0.1) is 0 Å². The number of rotatable bonds is 7. The zero-order valence-electron chi connectivity index (χ0n) is 11.7. The highest BCUT2D eigenvalue weighted by Crippen LogP contribution is 2.11. The van der Waals surface area contributed by atoms with Crippen LogP contribution in [0.5, 0.6) is 0 Å². The average molecular weight is 271 g/mol. The van der Waals surface area contributed by atoms with Crippen molar-refractivity contribution in [3.63, 3.8) is 0 Å². The molecule has 106 valence electrons. The van der Waals surface area contributed by atoms with E-state index in [4.69, 9.17) is 0 Å². The van der Waals surface area contributed by atoms with Crippen molar-refractivity contribution in [2.24, 2.45) is 5.92 Å². The monoisotopic (exact) mass is 271 g/mol. The zero-order chi connectivity index (χ0) is 14.2. The summed E-state index contributed by atoms with van der Waals surface area (Å²) in [6, 6.07) is 10.1. The predicted molar refractivity (Wildman–Crippen MR) is 79.2 cm³/mol. The molecule has 0 fully saturated rings. The van der Waals surface area contributed by atoms with Crippen molar-refractivity contribution in [3.05, 3.63) is 60.2 Å². The Hall–Kier alpha value is -1.78. The molecule has 0 spiro atoms. The second kappa shape index (κ2) is 7.72. The fourth-order valence-corrected chi connectivity index (χ4v) is 2.11. The summed E-state index contributed by atoms with van der Waals surface area (Å²) < 4.78 is 0. The molecule has 2 N–H and O–H groups in total. The molecule has 0 aromatic carbocycles. The van der Waals surface area contributed by atoms with E-state index >= 15 is 0 Å². The second-order valence-electron chi connectivity index (χ2n) is 4.99. The number of nitrogens with zero attached hydrogens (tertiary/aromatic N) is 2. The van der Waals surface area contributed by atoms with Crippen molar-refractivity contribution in [2.75, 3.05) is 13.2 Å². The lowest BCUT2D eigenvalue weighted by Gasteiger charge is -2.19. The Balaban J connectivity index is 1.85. The Morgan fingerprint density at radius 3 is 2.75 bits per heavy atom. The highest BCUT2D eigenvalue weighted by atomic mass is 16.3. The minimum Gasteiger partial charge on any atom is -0.396 e. The van der Waals surface area contributed by atoms with Gasteiger partial charge in [0.1, 0.15) is 0 Å². The van der Waals surface area contributed by atoms with Gasteiger partial charge in [0.25, 0.3) is 0 Å². The summed E-state index contributed by atoms with van der Waals surface area (Å²) in [5, 5.41) is 12.9.